The molecule has 6 fully saturated rings. The second-order valence-corrected chi connectivity index (χ2v) is 11.9. The molecule has 1 saturated carbocycles. The van der Waals surface area contributed by atoms with Gasteiger partial charge in [0.05, 0.1) is 17.6 Å². The van der Waals surface area contributed by atoms with E-state index in [0.717, 1.165) is 12.8 Å². The molecule has 4 unspecified atom stereocenters. The Bertz CT molecular complexity index is 733. The van der Waals surface area contributed by atoms with Crippen LogP contribution < -0.4 is 0 Å². The number of rotatable bonds is 1. The number of fused-ring (bicyclic) bond motifs is 2. The second kappa shape index (κ2) is 6.35. The van der Waals surface area contributed by atoms with Gasteiger partial charge in [0.2, 0.25) is 5.79 Å². The largest absolute Gasteiger partial charge is 0.392 e. The molecule has 0 amide bonds. The van der Waals surface area contributed by atoms with Crippen LogP contribution in [0, 0.1) is 23.7 Å². The van der Waals surface area contributed by atoms with Gasteiger partial charge in [0.15, 0.2) is 21.7 Å². The Hall–Kier alpha value is -0.290. The van der Waals surface area contributed by atoms with E-state index in [0.29, 0.717) is 19.5 Å². The summed E-state index contributed by atoms with van der Waals surface area (Å²) in [6, 6.07) is 0. The summed E-state index contributed by atoms with van der Waals surface area (Å²) in [5.74, 6) is -0.359. The van der Waals surface area contributed by atoms with E-state index < -0.39 is 33.6 Å². The SMILES string of the molecule is CC1CCC2[C@@H](C)[C@H](N3CCS(=O)(=O)CC3)OC3O[C@]4(C)C[C@H](O)C1[C@]32OO4. The van der Waals surface area contributed by atoms with Gasteiger partial charge >= 0.3 is 0 Å². The highest BCUT2D eigenvalue weighted by Crippen LogP contribution is 2.60. The van der Waals surface area contributed by atoms with E-state index in [9.17, 15) is 13.5 Å². The molecular formula is C19H31NO7S. The Morgan fingerprint density at radius 2 is 1.82 bits per heavy atom. The monoisotopic (exact) mass is 417 g/mol. The van der Waals surface area contributed by atoms with Gasteiger partial charge in [0.25, 0.3) is 0 Å². The van der Waals surface area contributed by atoms with Gasteiger partial charge in [-0.25, -0.2) is 18.2 Å². The highest BCUT2D eigenvalue weighted by Gasteiger charge is 2.71. The minimum atomic E-state index is -2.96. The van der Waals surface area contributed by atoms with Crippen LogP contribution in [0.2, 0.25) is 0 Å². The lowest BCUT2D eigenvalue weighted by atomic mass is 9.57. The third-order valence-corrected chi connectivity index (χ3v) is 9.42. The van der Waals surface area contributed by atoms with Crippen molar-refractivity contribution in [2.45, 2.75) is 70.0 Å². The van der Waals surface area contributed by atoms with Crippen LogP contribution in [0.15, 0.2) is 0 Å². The van der Waals surface area contributed by atoms with Gasteiger partial charge in [-0.05, 0) is 25.7 Å². The maximum atomic E-state index is 11.9. The summed E-state index contributed by atoms with van der Waals surface area (Å²) < 4.78 is 36.5. The maximum absolute atomic E-state index is 11.9. The van der Waals surface area contributed by atoms with Gasteiger partial charge in [-0.15, -0.1) is 0 Å². The molecule has 5 aliphatic heterocycles. The van der Waals surface area contributed by atoms with Gasteiger partial charge in [-0.3, -0.25) is 4.90 Å². The zero-order chi connectivity index (χ0) is 19.9. The summed E-state index contributed by atoms with van der Waals surface area (Å²) in [6.45, 7) is 7.03. The minimum Gasteiger partial charge on any atom is -0.392 e. The van der Waals surface area contributed by atoms with E-state index in [4.69, 9.17) is 19.2 Å². The molecule has 28 heavy (non-hydrogen) atoms. The standard InChI is InChI=1S/C19H31NO7S/c1-11-4-5-13-12(2)16(20-6-8-28(22,23)9-7-20)24-17-19(13)15(11)14(21)10-18(3,25-17)26-27-19/h11-17,21H,4-10H2,1-3H3/t11?,12-,13?,14+,15?,16-,17?,18+,19+/m1/s1. The number of ether oxygens (including phenoxy) is 2. The van der Waals surface area contributed by atoms with Crippen molar-refractivity contribution in [3.63, 3.8) is 0 Å². The molecule has 5 saturated heterocycles. The van der Waals surface area contributed by atoms with E-state index in [1.165, 1.54) is 0 Å². The van der Waals surface area contributed by atoms with Crippen LogP contribution in [0.1, 0.15) is 40.0 Å². The first-order valence-corrected chi connectivity index (χ1v) is 12.3. The average Bonchev–Trinajstić information content (AvgIpc) is 2.79. The highest BCUT2D eigenvalue weighted by molar-refractivity contribution is 7.91. The predicted octanol–water partition coefficient (Wildman–Crippen LogP) is 0.896. The molecule has 1 N–H and O–H groups in total. The molecular weight excluding hydrogens is 386 g/mol. The number of sulfone groups is 1. The predicted molar refractivity (Wildman–Crippen MR) is 98.4 cm³/mol. The van der Waals surface area contributed by atoms with Gasteiger partial charge in [-0.2, -0.15) is 0 Å². The number of hydrogen-bond donors (Lipinski definition) is 1. The number of hydrogen-bond acceptors (Lipinski definition) is 8. The van der Waals surface area contributed by atoms with Gasteiger partial charge in [-0.1, -0.05) is 13.8 Å². The molecule has 0 aromatic heterocycles. The molecule has 5 heterocycles. The first-order valence-electron chi connectivity index (χ1n) is 10.5. The third kappa shape index (κ3) is 2.74. The molecule has 0 aromatic carbocycles. The average molecular weight is 418 g/mol. The van der Waals surface area contributed by atoms with E-state index in [-0.39, 0.29) is 41.4 Å². The van der Waals surface area contributed by atoms with E-state index in [1.807, 2.05) is 0 Å². The summed E-state index contributed by atoms with van der Waals surface area (Å²) in [5, 5.41) is 11.0. The fourth-order valence-electron chi connectivity index (χ4n) is 6.45. The third-order valence-electron chi connectivity index (χ3n) is 7.81. The normalized spacial score (nSPS) is 56.1. The van der Waals surface area contributed by atoms with Crippen molar-refractivity contribution >= 4 is 9.84 Å². The molecule has 8 nitrogen and oxygen atoms in total. The molecule has 6 aliphatic rings. The fraction of sp³-hybridized carbons (Fsp3) is 1.00. The van der Waals surface area contributed by atoms with Crippen LogP contribution in [0.25, 0.3) is 0 Å². The smallest absolute Gasteiger partial charge is 0.204 e. The lowest BCUT2D eigenvalue weighted by Crippen LogP contribution is -2.73. The number of aliphatic hydroxyl groups is 1. The molecule has 1 aliphatic carbocycles. The summed E-state index contributed by atoms with van der Waals surface area (Å²) in [6.07, 6.45) is 0.846. The van der Waals surface area contributed by atoms with Crippen LogP contribution in [0.4, 0.5) is 0 Å². The zero-order valence-electron chi connectivity index (χ0n) is 16.7. The molecule has 160 valence electrons. The maximum Gasteiger partial charge on any atom is 0.204 e. The first kappa shape index (κ1) is 19.7. The molecule has 0 radical (unpaired) electrons. The first-order chi connectivity index (χ1) is 13.2. The summed E-state index contributed by atoms with van der Waals surface area (Å²) in [5.41, 5.74) is -0.828. The lowest BCUT2D eigenvalue weighted by molar-refractivity contribution is -0.574. The van der Waals surface area contributed by atoms with Gasteiger partial charge in [0.1, 0.15) is 6.23 Å². The van der Waals surface area contributed by atoms with Crippen LogP contribution in [-0.2, 0) is 29.1 Å². The minimum absolute atomic E-state index is 0.105. The molecule has 2 bridgehead atoms. The van der Waals surface area contributed by atoms with Crippen molar-refractivity contribution in [1.82, 2.24) is 4.90 Å². The Morgan fingerprint density at radius 1 is 1.11 bits per heavy atom. The van der Waals surface area contributed by atoms with Crippen molar-refractivity contribution in [3.05, 3.63) is 0 Å². The Kier molecular flexibility index (Phi) is 4.46. The molecule has 9 heteroatoms. The number of aliphatic hydroxyl groups excluding tert-OH is 1. The van der Waals surface area contributed by atoms with Crippen LogP contribution in [0.3, 0.4) is 0 Å². The van der Waals surface area contributed by atoms with E-state index in [1.54, 1.807) is 6.92 Å². The summed E-state index contributed by atoms with van der Waals surface area (Å²) in [7, 11) is -2.96. The van der Waals surface area contributed by atoms with Crippen LogP contribution in [-0.4, -0.2) is 73.0 Å². The molecule has 6 rings (SSSR count). The lowest BCUT2D eigenvalue weighted by Gasteiger charge is -2.61. The van der Waals surface area contributed by atoms with Gasteiger partial charge in [0, 0.05) is 37.3 Å². The number of nitrogens with zero attached hydrogens (tertiary/aromatic N) is 1. The van der Waals surface area contributed by atoms with Crippen molar-refractivity contribution in [1.29, 1.82) is 0 Å². The zero-order valence-corrected chi connectivity index (χ0v) is 17.6. The Balaban J connectivity index is 1.51. The second-order valence-electron chi connectivity index (χ2n) is 9.64. The Labute approximate surface area is 166 Å². The Morgan fingerprint density at radius 3 is 2.54 bits per heavy atom. The van der Waals surface area contributed by atoms with E-state index in [2.05, 4.69) is 18.7 Å². The van der Waals surface area contributed by atoms with Crippen molar-refractivity contribution in [3.8, 4) is 0 Å². The summed E-state index contributed by atoms with van der Waals surface area (Å²) in [4.78, 5) is 14.0. The molecule has 9 atom stereocenters. The topological polar surface area (TPSA) is 94.5 Å². The molecule has 0 aromatic rings. The van der Waals surface area contributed by atoms with Crippen molar-refractivity contribution in [2.24, 2.45) is 23.7 Å². The molecule has 1 spiro atoms. The van der Waals surface area contributed by atoms with Crippen LogP contribution >= 0.6 is 0 Å². The van der Waals surface area contributed by atoms with E-state index >= 15 is 0 Å². The van der Waals surface area contributed by atoms with Crippen molar-refractivity contribution in [2.75, 3.05) is 24.6 Å². The summed E-state index contributed by atoms with van der Waals surface area (Å²) >= 11 is 0. The van der Waals surface area contributed by atoms with Crippen molar-refractivity contribution < 1.29 is 32.8 Å². The fourth-order valence-corrected chi connectivity index (χ4v) is 7.68. The van der Waals surface area contributed by atoms with Gasteiger partial charge < -0.3 is 14.6 Å². The highest BCUT2D eigenvalue weighted by atomic mass is 32.2. The van der Waals surface area contributed by atoms with Crippen LogP contribution in [0.5, 0.6) is 0 Å². The quantitative estimate of drug-likeness (QED) is 0.629.